The molecule has 0 bridgehead atoms. The molecule has 19 heavy (non-hydrogen) atoms. The van der Waals surface area contributed by atoms with E-state index in [1.807, 2.05) is 0 Å². The van der Waals surface area contributed by atoms with Gasteiger partial charge in [-0.15, -0.1) is 0 Å². The molecule has 3 heterocycles. The van der Waals surface area contributed by atoms with Gasteiger partial charge < -0.3 is 26.4 Å². The van der Waals surface area contributed by atoms with Crippen LogP contribution in [0.15, 0.2) is 12.7 Å². The van der Waals surface area contributed by atoms with Crippen LogP contribution in [0.25, 0.3) is 11.2 Å². The van der Waals surface area contributed by atoms with Crippen LogP contribution in [0, 0.1) is 0 Å². The number of ether oxygens (including phenoxy) is 1. The van der Waals surface area contributed by atoms with E-state index < -0.39 is 24.5 Å². The molecule has 0 aliphatic carbocycles. The Labute approximate surface area is 107 Å². The van der Waals surface area contributed by atoms with Crippen LogP contribution < -0.4 is 11.5 Å². The summed E-state index contributed by atoms with van der Waals surface area (Å²) in [4.78, 5) is 12.0. The molecule has 0 spiro atoms. The number of nitrogens with two attached hydrogens (primary N) is 2. The van der Waals surface area contributed by atoms with Gasteiger partial charge in [-0.25, -0.2) is 15.0 Å². The number of rotatable bonds is 2. The smallest absolute Gasteiger partial charge is 0.167 e. The van der Waals surface area contributed by atoms with Gasteiger partial charge in [-0.3, -0.25) is 4.57 Å². The van der Waals surface area contributed by atoms with Crippen molar-refractivity contribution < 1.29 is 14.9 Å². The molecule has 4 atom stereocenters. The fraction of sp³-hybridized carbons (Fsp3) is 0.500. The third kappa shape index (κ3) is 1.75. The molecule has 0 unspecified atom stereocenters. The van der Waals surface area contributed by atoms with Crippen LogP contribution >= 0.6 is 0 Å². The van der Waals surface area contributed by atoms with Gasteiger partial charge in [-0.2, -0.15) is 0 Å². The van der Waals surface area contributed by atoms with Crippen molar-refractivity contribution in [3.8, 4) is 0 Å². The molecule has 1 aliphatic rings. The minimum atomic E-state index is -1.11. The predicted octanol–water partition coefficient (Wildman–Crippen LogP) is -2.01. The van der Waals surface area contributed by atoms with Crippen LogP contribution in [0.4, 0.5) is 5.82 Å². The Morgan fingerprint density at radius 2 is 2.05 bits per heavy atom. The average molecular weight is 266 g/mol. The fourth-order valence-corrected chi connectivity index (χ4v) is 2.21. The van der Waals surface area contributed by atoms with E-state index in [2.05, 4.69) is 15.0 Å². The van der Waals surface area contributed by atoms with E-state index in [1.165, 1.54) is 17.2 Å². The first-order valence-electron chi connectivity index (χ1n) is 5.78. The van der Waals surface area contributed by atoms with Crippen molar-refractivity contribution >= 4 is 17.0 Å². The molecule has 102 valence electrons. The summed E-state index contributed by atoms with van der Waals surface area (Å²) in [7, 11) is 0. The Kier molecular flexibility index (Phi) is 2.82. The van der Waals surface area contributed by atoms with Crippen molar-refractivity contribution in [3.05, 3.63) is 12.7 Å². The molecule has 1 saturated heterocycles. The lowest BCUT2D eigenvalue weighted by molar-refractivity contribution is -0.0322. The van der Waals surface area contributed by atoms with Crippen LogP contribution in [-0.2, 0) is 4.74 Å². The Morgan fingerprint density at radius 3 is 2.74 bits per heavy atom. The summed E-state index contributed by atoms with van der Waals surface area (Å²) in [6.07, 6.45) is -0.850. The van der Waals surface area contributed by atoms with E-state index in [4.69, 9.17) is 16.2 Å². The molecule has 9 heteroatoms. The van der Waals surface area contributed by atoms with E-state index in [1.54, 1.807) is 0 Å². The highest BCUT2D eigenvalue weighted by atomic mass is 16.6. The number of imidazole rings is 1. The van der Waals surface area contributed by atoms with Gasteiger partial charge in [0.2, 0.25) is 0 Å². The molecule has 2 aromatic rings. The molecule has 0 saturated carbocycles. The highest BCUT2D eigenvalue weighted by Crippen LogP contribution is 2.31. The lowest BCUT2D eigenvalue weighted by atomic mass is 10.1. The number of aromatic nitrogens is 4. The first-order chi connectivity index (χ1) is 9.13. The monoisotopic (exact) mass is 266 g/mol. The van der Waals surface area contributed by atoms with E-state index in [9.17, 15) is 10.2 Å². The SMILES string of the molecule is NC[C@H]1O[C@H](n2cnc3c(N)ncnc32)[C@H](O)[C@@H]1O. The molecule has 1 fully saturated rings. The van der Waals surface area contributed by atoms with Crippen LogP contribution in [-0.4, -0.2) is 54.6 Å². The Balaban J connectivity index is 2.04. The minimum absolute atomic E-state index is 0.110. The minimum Gasteiger partial charge on any atom is -0.387 e. The first-order valence-corrected chi connectivity index (χ1v) is 5.78. The number of aliphatic hydroxyl groups excluding tert-OH is 2. The number of nitrogens with zero attached hydrogens (tertiary/aromatic N) is 4. The Hall–Kier alpha value is -1.81. The zero-order valence-electron chi connectivity index (χ0n) is 9.92. The first kappa shape index (κ1) is 12.2. The van der Waals surface area contributed by atoms with Gasteiger partial charge in [0, 0.05) is 6.54 Å². The standard InChI is InChI=1S/C10H14N6O3/c11-1-4-6(17)7(18)10(19-4)16-3-15-5-8(12)13-2-14-9(5)16/h2-4,6-7,10,17-18H,1,11H2,(H2,12,13,14)/t4-,6-,7-,10+/m1/s1. The highest BCUT2D eigenvalue weighted by Gasteiger charge is 2.43. The third-order valence-corrected chi connectivity index (χ3v) is 3.23. The summed E-state index contributed by atoms with van der Waals surface area (Å²) in [6, 6.07) is 0. The number of anilines is 1. The van der Waals surface area contributed by atoms with E-state index >= 15 is 0 Å². The molecule has 0 aromatic carbocycles. The molecule has 0 radical (unpaired) electrons. The summed E-state index contributed by atoms with van der Waals surface area (Å²) < 4.78 is 7.04. The molecule has 2 aromatic heterocycles. The molecular weight excluding hydrogens is 252 g/mol. The summed E-state index contributed by atoms with van der Waals surface area (Å²) in [5.41, 5.74) is 12.0. The maximum atomic E-state index is 10.0. The second kappa shape index (κ2) is 4.38. The second-order valence-electron chi connectivity index (χ2n) is 4.36. The van der Waals surface area contributed by atoms with Crippen molar-refractivity contribution in [2.75, 3.05) is 12.3 Å². The third-order valence-electron chi connectivity index (χ3n) is 3.23. The van der Waals surface area contributed by atoms with Crippen LogP contribution in [0.2, 0.25) is 0 Å². The lowest BCUT2D eigenvalue weighted by Crippen LogP contribution is -2.35. The van der Waals surface area contributed by atoms with Gasteiger partial charge in [0.25, 0.3) is 0 Å². The molecule has 0 amide bonds. The topological polar surface area (TPSA) is 145 Å². The molecule has 1 aliphatic heterocycles. The molecule has 3 rings (SSSR count). The van der Waals surface area contributed by atoms with Gasteiger partial charge in [0.15, 0.2) is 17.7 Å². The molecule has 9 nitrogen and oxygen atoms in total. The zero-order chi connectivity index (χ0) is 13.6. The average Bonchev–Trinajstić information content (AvgIpc) is 2.94. The second-order valence-corrected chi connectivity index (χ2v) is 4.36. The lowest BCUT2D eigenvalue weighted by Gasteiger charge is -2.16. The summed E-state index contributed by atoms with van der Waals surface area (Å²) >= 11 is 0. The number of hydrogen-bond acceptors (Lipinski definition) is 8. The summed E-state index contributed by atoms with van der Waals surface area (Å²) in [6.45, 7) is 0.110. The quantitative estimate of drug-likeness (QED) is 0.487. The van der Waals surface area contributed by atoms with E-state index in [0.29, 0.717) is 11.2 Å². The molecule has 6 N–H and O–H groups in total. The van der Waals surface area contributed by atoms with Crippen molar-refractivity contribution in [1.29, 1.82) is 0 Å². The number of aliphatic hydroxyl groups is 2. The van der Waals surface area contributed by atoms with Gasteiger partial charge in [0.1, 0.15) is 30.2 Å². The van der Waals surface area contributed by atoms with Crippen molar-refractivity contribution in [2.45, 2.75) is 24.5 Å². The Morgan fingerprint density at radius 1 is 1.26 bits per heavy atom. The zero-order valence-corrected chi connectivity index (χ0v) is 9.92. The van der Waals surface area contributed by atoms with Crippen LogP contribution in [0.5, 0.6) is 0 Å². The summed E-state index contributed by atoms with van der Waals surface area (Å²) in [5.74, 6) is 0.243. The van der Waals surface area contributed by atoms with Crippen molar-refractivity contribution in [1.82, 2.24) is 19.5 Å². The maximum Gasteiger partial charge on any atom is 0.167 e. The van der Waals surface area contributed by atoms with Crippen LogP contribution in [0.1, 0.15) is 6.23 Å². The van der Waals surface area contributed by atoms with E-state index in [-0.39, 0.29) is 12.4 Å². The maximum absolute atomic E-state index is 10.0. The normalized spacial score (nSPS) is 31.1. The molecular formula is C10H14N6O3. The van der Waals surface area contributed by atoms with Crippen molar-refractivity contribution in [3.63, 3.8) is 0 Å². The number of hydrogen-bond donors (Lipinski definition) is 4. The van der Waals surface area contributed by atoms with Crippen LogP contribution in [0.3, 0.4) is 0 Å². The van der Waals surface area contributed by atoms with E-state index in [0.717, 1.165) is 0 Å². The van der Waals surface area contributed by atoms with Crippen molar-refractivity contribution in [2.24, 2.45) is 5.73 Å². The number of fused-ring (bicyclic) bond motifs is 1. The largest absolute Gasteiger partial charge is 0.387 e. The highest BCUT2D eigenvalue weighted by molar-refractivity contribution is 5.81. The number of nitrogen functional groups attached to an aromatic ring is 1. The Bertz CT molecular complexity index is 602. The van der Waals surface area contributed by atoms with Gasteiger partial charge in [-0.05, 0) is 0 Å². The summed E-state index contributed by atoms with van der Waals surface area (Å²) in [5, 5.41) is 19.8. The van der Waals surface area contributed by atoms with Gasteiger partial charge in [0.05, 0.1) is 6.33 Å². The van der Waals surface area contributed by atoms with Gasteiger partial charge >= 0.3 is 0 Å². The van der Waals surface area contributed by atoms with Gasteiger partial charge in [-0.1, -0.05) is 0 Å². The predicted molar refractivity (Wildman–Crippen MR) is 64.7 cm³/mol. The fourth-order valence-electron chi connectivity index (χ4n) is 2.21.